The molecule has 1 saturated carbocycles. The number of nitrogens with one attached hydrogen (secondary N) is 2. The summed E-state index contributed by atoms with van der Waals surface area (Å²) in [5.74, 6) is -4.90. The van der Waals surface area contributed by atoms with Gasteiger partial charge in [0.05, 0.1) is 0 Å². The molecule has 0 spiro atoms. The molecule has 33 heavy (non-hydrogen) atoms. The van der Waals surface area contributed by atoms with E-state index in [4.69, 9.17) is 4.74 Å². The van der Waals surface area contributed by atoms with E-state index in [2.05, 4.69) is 10.6 Å². The summed E-state index contributed by atoms with van der Waals surface area (Å²) >= 11 is 0. The third kappa shape index (κ3) is 5.97. The minimum Gasteiger partial charge on any atom is -0.444 e. The molecule has 1 atom stereocenters. The van der Waals surface area contributed by atoms with Gasteiger partial charge in [-0.05, 0) is 70.5 Å². The molecule has 2 N–H and O–H groups in total. The maximum atomic E-state index is 14.2. The van der Waals surface area contributed by atoms with E-state index < -0.39 is 34.9 Å². The van der Waals surface area contributed by atoms with Gasteiger partial charge in [-0.25, -0.2) is 4.79 Å². The molecule has 1 amide bonds. The predicted molar refractivity (Wildman–Crippen MR) is 115 cm³/mol. The number of alkyl carbamates (subject to hydrolysis) is 1. The fraction of sp³-hybridized carbons (Fsp3) is 0.708. The Labute approximate surface area is 191 Å². The van der Waals surface area contributed by atoms with Crippen LogP contribution >= 0.6 is 0 Å². The van der Waals surface area contributed by atoms with Crippen LogP contribution in [-0.4, -0.2) is 30.0 Å². The third-order valence-electron chi connectivity index (χ3n) is 6.54. The van der Waals surface area contributed by atoms with Gasteiger partial charge in [0, 0.05) is 17.1 Å². The van der Waals surface area contributed by atoms with E-state index >= 15 is 0 Å². The second-order valence-corrected chi connectivity index (χ2v) is 10.2. The molecule has 0 aromatic heterocycles. The van der Waals surface area contributed by atoms with Crippen molar-refractivity contribution in [3.63, 3.8) is 0 Å². The summed E-state index contributed by atoms with van der Waals surface area (Å²) in [6.07, 6.45) is -0.436. The summed E-state index contributed by atoms with van der Waals surface area (Å²) in [5.41, 5.74) is -1.53. The Morgan fingerprint density at radius 3 is 2.39 bits per heavy atom. The molecule has 2 aliphatic rings. The van der Waals surface area contributed by atoms with Gasteiger partial charge in [-0.2, -0.15) is 22.0 Å². The molecule has 1 aliphatic carbocycles. The normalized spacial score (nSPS) is 21.3. The van der Waals surface area contributed by atoms with Crippen LogP contribution in [0.25, 0.3) is 0 Å². The first-order valence-corrected chi connectivity index (χ1v) is 11.6. The Morgan fingerprint density at radius 1 is 1.12 bits per heavy atom. The molecular weight excluding hydrogens is 443 g/mol. The Hall–Kier alpha value is -1.90. The second kappa shape index (κ2) is 9.39. The zero-order valence-electron chi connectivity index (χ0n) is 19.4. The van der Waals surface area contributed by atoms with Crippen molar-refractivity contribution in [1.82, 2.24) is 10.6 Å². The average molecular weight is 477 g/mol. The van der Waals surface area contributed by atoms with Gasteiger partial charge in [0.2, 0.25) is 0 Å². The lowest BCUT2D eigenvalue weighted by Crippen LogP contribution is -2.51. The topological polar surface area (TPSA) is 50.4 Å². The molecule has 0 radical (unpaired) electrons. The predicted octanol–water partition coefficient (Wildman–Crippen LogP) is 6.54. The number of carbonyl (C=O) groups is 1. The van der Waals surface area contributed by atoms with E-state index in [0.29, 0.717) is 24.9 Å². The molecule has 1 aliphatic heterocycles. The molecule has 1 aromatic carbocycles. The second-order valence-electron chi connectivity index (χ2n) is 10.2. The van der Waals surface area contributed by atoms with Crippen molar-refractivity contribution in [3.8, 4) is 0 Å². The first kappa shape index (κ1) is 25.7. The number of amides is 1. The van der Waals surface area contributed by atoms with Crippen molar-refractivity contribution < 1.29 is 31.5 Å². The van der Waals surface area contributed by atoms with Crippen LogP contribution in [0.5, 0.6) is 0 Å². The summed E-state index contributed by atoms with van der Waals surface area (Å²) in [5, 5.41) is 6.32. The van der Waals surface area contributed by atoms with E-state index in [1.165, 1.54) is 6.07 Å². The van der Waals surface area contributed by atoms with Gasteiger partial charge in [-0.3, -0.25) is 0 Å². The highest BCUT2D eigenvalue weighted by atomic mass is 19.4. The summed E-state index contributed by atoms with van der Waals surface area (Å²) in [4.78, 5) is 12.5. The summed E-state index contributed by atoms with van der Waals surface area (Å²) in [7, 11) is 0. The lowest BCUT2D eigenvalue weighted by molar-refractivity contribution is -0.289. The Bertz CT molecular complexity index is 842. The highest BCUT2D eigenvalue weighted by molar-refractivity contribution is 5.68. The number of ether oxygens (including phenoxy) is 1. The summed E-state index contributed by atoms with van der Waals surface area (Å²) < 4.78 is 73.0. The zero-order valence-corrected chi connectivity index (χ0v) is 19.4. The quantitative estimate of drug-likeness (QED) is 0.475. The van der Waals surface area contributed by atoms with Gasteiger partial charge >= 0.3 is 18.2 Å². The molecular formula is C24H33F5N2O2. The Balaban J connectivity index is 1.80. The van der Waals surface area contributed by atoms with E-state index in [0.717, 1.165) is 38.2 Å². The molecule has 186 valence electrons. The molecule has 0 bridgehead atoms. The monoisotopic (exact) mass is 476 g/mol. The molecule has 1 unspecified atom stereocenters. The van der Waals surface area contributed by atoms with Gasteiger partial charge in [-0.15, -0.1) is 0 Å². The van der Waals surface area contributed by atoms with Gasteiger partial charge in [0.15, 0.2) is 0 Å². The molecule has 9 heteroatoms. The number of fused-ring (bicyclic) bond motifs is 1. The van der Waals surface area contributed by atoms with Crippen LogP contribution in [0.4, 0.5) is 26.7 Å². The molecule has 1 aromatic rings. The van der Waals surface area contributed by atoms with Crippen LogP contribution in [-0.2, 0) is 17.1 Å². The van der Waals surface area contributed by atoms with Gasteiger partial charge in [-0.1, -0.05) is 37.5 Å². The van der Waals surface area contributed by atoms with Crippen LogP contribution in [0.15, 0.2) is 18.2 Å². The molecule has 4 nitrogen and oxygen atoms in total. The average Bonchev–Trinajstić information content (AvgIpc) is 2.70. The SMILES string of the molecule is CC(C)(C)OC(=O)NC1(CCC2NCCc3c2cccc3C(F)(F)C(F)(F)F)CCCCC1. The van der Waals surface area contributed by atoms with Crippen LogP contribution in [0.3, 0.4) is 0 Å². The van der Waals surface area contributed by atoms with E-state index in [1.807, 2.05) is 0 Å². The fourth-order valence-electron chi connectivity index (χ4n) is 5.00. The van der Waals surface area contributed by atoms with E-state index in [1.54, 1.807) is 26.8 Å². The maximum absolute atomic E-state index is 14.2. The molecule has 1 fully saturated rings. The standard InChI is InChI=1S/C24H33F5N2O2/c1-21(2,3)33-20(32)31-22(12-5-4-6-13-22)14-10-19-17-8-7-9-18(16(17)11-15-30-19)23(25,26)24(27,28)29/h7-9,19,30H,4-6,10-15H2,1-3H3,(H,31,32). The van der Waals surface area contributed by atoms with Gasteiger partial charge in [0.25, 0.3) is 0 Å². The largest absolute Gasteiger partial charge is 0.458 e. The van der Waals surface area contributed by atoms with Crippen molar-refractivity contribution in [2.75, 3.05) is 6.54 Å². The Morgan fingerprint density at radius 2 is 1.79 bits per heavy atom. The Kier molecular flexibility index (Phi) is 7.32. The maximum Gasteiger partial charge on any atom is 0.458 e. The number of rotatable bonds is 5. The molecule has 0 saturated heterocycles. The molecule has 1 heterocycles. The first-order valence-electron chi connectivity index (χ1n) is 11.6. The van der Waals surface area contributed by atoms with Crippen molar-refractivity contribution >= 4 is 6.09 Å². The van der Waals surface area contributed by atoms with Crippen LogP contribution in [0.2, 0.25) is 0 Å². The van der Waals surface area contributed by atoms with Crippen molar-refractivity contribution in [3.05, 3.63) is 34.9 Å². The first-order chi connectivity index (χ1) is 15.2. The number of carbonyl (C=O) groups excluding carboxylic acids is 1. The van der Waals surface area contributed by atoms with Crippen LogP contribution in [0, 0.1) is 0 Å². The smallest absolute Gasteiger partial charge is 0.444 e. The number of hydrogen-bond acceptors (Lipinski definition) is 3. The third-order valence-corrected chi connectivity index (χ3v) is 6.54. The number of halogens is 5. The van der Waals surface area contributed by atoms with Gasteiger partial charge in [0.1, 0.15) is 5.60 Å². The fourth-order valence-corrected chi connectivity index (χ4v) is 5.00. The summed E-state index contributed by atoms with van der Waals surface area (Å²) in [6, 6.07) is 3.40. The van der Waals surface area contributed by atoms with Crippen LogP contribution < -0.4 is 10.6 Å². The lowest BCUT2D eigenvalue weighted by atomic mass is 9.76. The van der Waals surface area contributed by atoms with E-state index in [-0.39, 0.29) is 18.0 Å². The summed E-state index contributed by atoms with van der Waals surface area (Å²) in [6.45, 7) is 5.68. The lowest BCUT2D eigenvalue weighted by Gasteiger charge is -2.40. The van der Waals surface area contributed by atoms with Crippen LogP contribution in [0.1, 0.15) is 88.4 Å². The molecule has 3 rings (SSSR count). The minimum atomic E-state index is -5.65. The number of benzene rings is 1. The number of hydrogen-bond donors (Lipinski definition) is 2. The van der Waals surface area contributed by atoms with Crippen molar-refractivity contribution in [2.24, 2.45) is 0 Å². The van der Waals surface area contributed by atoms with Gasteiger partial charge < -0.3 is 15.4 Å². The highest BCUT2D eigenvalue weighted by Gasteiger charge is 2.59. The van der Waals surface area contributed by atoms with Crippen molar-refractivity contribution in [2.45, 2.75) is 101 Å². The van der Waals surface area contributed by atoms with Crippen molar-refractivity contribution in [1.29, 1.82) is 0 Å². The zero-order chi connectivity index (χ0) is 24.5. The minimum absolute atomic E-state index is 0.0707. The highest BCUT2D eigenvalue weighted by Crippen LogP contribution is 2.47. The number of alkyl halides is 5. The van der Waals surface area contributed by atoms with E-state index in [9.17, 15) is 26.7 Å².